The van der Waals surface area contributed by atoms with Gasteiger partial charge in [0.2, 0.25) is 0 Å². The van der Waals surface area contributed by atoms with Gasteiger partial charge in [0, 0.05) is 32.9 Å². The van der Waals surface area contributed by atoms with Crippen molar-refractivity contribution in [3.8, 4) is 0 Å². The van der Waals surface area contributed by atoms with Crippen LogP contribution >= 0.6 is 18.5 Å². The molecule has 4 aromatic rings. The zero-order chi connectivity index (χ0) is 31.3. The molecule has 9 heteroatoms. The molecular weight excluding hydrogens is 662 g/mol. The molecule has 0 amide bonds. The van der Waals surface area contributed by atoms with Crippen molar-refractivity contribution in [1.82, 2.24) is 19.9 Å². The quantitative estimate of drug-likeness (QED) is 0.116. The first-order valence-corrected chi connectivity index (χ1v) is 24.8. The minimum absolute atomic E-state index is 0. The Morgan fingerprint density at radius 1 is 0.844 bits per heavy atom. The molecule has 8 rings (SSSR count). The zero-order valence-electron chi connectivity index (χ0n) is 27.8. The third-order valence-corrected chi connectivity index (χ3v) is 16.3. The first-order valence-electron chi connectivity index (χ1n) is 16.5. The van der Waals surface area contributed by atoms with E-state index in [9.17, 15) is 0 Å². The predicted octanol–water partition coefficient (Wildman–Crippen LogP) is 7.21. The third-order valence-electron chi connectivity index (χ3n) is 10.7. The Kier molecular flexibility index (Phi) is 10.3. The van der Waals surface area contributed by atoms with Crippen LogP contribution in [0.1, 0.15) is 54.9 Å². The van der Waals surface area contributed by atoms with Crippen LogP contribution in [0, 0.1) is 23.7 Å². The van der Waals surface area contributed by atoms with E-state index in [4.69, 9.17) is 19.9 Å². The van der Waals surface area contributed by atoms with E-state index in [-0.39, 0.29) is 22.5 Å². The summed E-state index contributed by atoms with van der Waals surface area (Å²) < 4.78 is 0. The number of hydrogen-bond donors (Lipinski definition) is 0. The molecule has 2 aromatic carbocycles. The van der Waals surface area contributed by atoms with Gasteiger partial charge in [-0.25, -0.2) is 38.1 Å². The molecule has 45 heavy (non-hydrogen) atoms. The maximum Gasteiger partial charge on any atom is 2.00 e. The van der Waals surface area contributed by atoms with Gasteiger partial charge < -0.3 is 0 Å². The third kappa shape index (κ3) is 6.32. The fourth-order valence-electron chi connectivity index (χ4n) is 9.38. The van der Waals surface area contributed by atoms with Crippen LogP contribution in [-0.4, -0.2) is 42.2 Å². The number of rotatable bonds is 7. The normalized spacial score (nSPS) is 25.8. The molecule has 4 aliphatic rings. The van der Waals surface area contributed by atoms with Gasteiger partial charge in [-0.15, -0.1) is 18.5 Å². The molecule has 0 N–H and O–H groups in total. The summed E-state index contributed by atoms with van der Waals surface area (Å²) >= 11 is 0. The van der Waals surface area contributed by atoms with Crippen LogP contribution in [0.5, 0.6) is 0 Å². The standard InChI is InChI=1S/C31H45N4P2Si2.C5H5.Fe/c1-38(2,3)25-16-23(31(37,28-32-9-7-10-33-28)29-34-11-8-12-35-29)26(27(25)39(4,5)6)30-17-20-13-21(18-30)15-22(14-20)24(30)19-36;1-2-4-5-3-1;/h7-12,16,20-22,24H,13-15,17-19,36-37H2,1-6H3;1-5H;/q2*-1;+2. The van der Waals surface area contributed by atoms with Crippen molar-refractivity contribution < 1.29 is 17.1 Å². The first kappa shape index (κ1) is 35.0. The maximum atomic E-state index is 4.90. The van der Waals surface area contributed by atoms with E-state index in [2.05, 4.69) is 63.8 Å². The second-order valence-corrected chi connectivity index (χ2v) is 27.1. The summed E-state index contributed by atoms with van der Waals surface area (Å²) in [5.74, 6) is 4.85. The SMILES string of the molecule is C[Si](C)(C)c1cc(C(P)(c2ncccn2)c2ncccn2)c(C23CC4CC(CC(C4)C2CP)C3)[c-]1[Si](C)(C)C.[Fe+2].c1cc[cH-]c1. The van der Waals surface area contributed by atoms with Gasteiger partial charge in [0.25, 0.3) is 0 Å². The Hall–Kier alpha value is -1.33. The van der Waals surface area contributed by atoms with Gasteiger partial charge in [-0.2, -0.15) is 39.7 Å². The van der Waals surface area contributed by atoms with Gasteiger partial charge in [0.15, 0.2) is 0 Å². The van der Waals surface area contributed by atoms with Crippen molar-refractivity contribution in [3.05, 3.63) is 96.1 Å². The van der Waals surface area contributed by atoms with Gasteiger partial charge in [-0.1, -0.05) is 39.3 Å². The monoisotopic (exact) mass is 712 g/mol. The van der Waals surface area contributed by atoms with Crippen LogP contribution in [-0.2, 0) is 27.6 Å². The molecule has 5 atom stereocenters. The largest absolute Gasteiger partial charge is 2.00 e. The maximum absolute atomic E-state index is 4.90. The summed E-state index contributed by atoms with van der Waals surface area (Å²) in [6.45, 7) is 15.4. The minimum atomic E-state index is -1.75. The molecule has 0 spiro atoms. The fourth-order valence-corrected chi connectivity index (χ4v) is 16.5. The van der Waals surface area contributed by atoms with E-state index >= 15 is 0 Å². The van der Waals surface area contributed by atoms with Crippen LogP contribution in [0.25, 0.3) is 0 Å². The van der Waals surface area contributed by atoms with Crippen LogP contribution in [0.15, 0.2) is 73.3 Å². The van der Waals surface area contributed by atoms with E-state index in [1.165, 1.54) is 43.8 Å². The molecular formula is C36H50FeN4P2Si2. The Bertz CT molecular complexity index is 1480. The second kappa shape index (κ2) is 13.3. The molecule has 0 saturated heterocycles. The Labute approximate surface area is 288 Å². The summed E-state index contributed by atoms with van der Waals surface area (Å²) in [6.07, 6.45) is 15.7. The van der Waals surface area contributed by atoms with Crippen molar-refractivity contribution in [1.29, 1.82) is 0 Å². The molecule has 4 nitrogen and oxygen atoms in total. The van der Waals surface area contributed by atoms with E-state index in [1.54, 1.807) is 15.9 Å². The van der Waals surface area contributed by atoms with Crippen molar-refractivity contribution in [2.45, 2.75) is 82.0 Å². The molecule has 2 heterocycles. The molecule has 240 valence electrons. The molecule has 4 bridgehead atoms. The van der Waals surface area contributed by atoms with E-state index in [1.807, 2.05) is 67.3 Å². The average Bonchev–Trinajstić information content (AvgIpc) is 3.70. The molecule has 0 radical (unpaired) electrons. The summed E-state index contributed by atoms with van der Waals surface area (Å²) in [5.41, 5.74) is 3.27. The van der Waals surface area contributed by atoms with Crippen LogP contribution in [0.2, 0.25) is 39.3 Å². The predicted molar refractivity (Wildman–Crippen MR) is 197 cm³/mol. The topological polar surface area (TPSA) is 51.6 Å². The molecule has 0 aliphatic heterocycles. The van der Waals surface area contributed by atoms with Crippen molar-refractivity contribution in [2.75, 3.05) is 6.16 Å². The summed E-state index contributed by atoms with van der Waals surface area (Å²) in [5, 5.41) is 2.71. The molecule has 4 saturated carbocycles. The average molecular weight is 713 g/mol. The number of nitrogens with zero attached hydrogens (tertiary/aromatic N) is 4. The van der Waals surface area contributed by atoms with Gasteiger partial charge in [-0.05, 0) is 79.5 Å². The summed E-state index contributed by atoms with van der Waals surface area (Å²) in [6, 6.07) is 16.4. The van der Waals surface area contributed by atoms with E-state index < -0.39 is 21.3 Å². The fraction of sp³-hybridized carbons (Fsp3) is 0.500. The number of hydrogen-bond acceptors (Lipinski definition) is 4. The first-order chi connectivity index (χ1) is 20.9. The minimum Gasteiger partial charge on any atom is -0.241 e. The van der Waals surface area contributed by atoms with Crippen molar-refractivity contribution in [3.63, 3.8) is 0 Å². The van der Waals surface area contributed by atoms with Crippen molar-refractivity contribution >= 4 is 45.0 Å². The van der Waals surface area contributed by atoms with Crippen LogP contribution < -0.4 is 10.4 Å². The van der Waals surface area contributed by atoms with Gasteiger partial charge >= 0.3 is 17.1 Å². The molecule has 2 aromatic heterocycles. The van der Waals surface area contributed by atoms with Crippen LogP contribution in [0.3, 0.4) is 0 Å². The smallest absolute Gasteiger partial charge is 0.241 e. The van der Waals surface area contributed by atoms with E-state index in [0.29, 0.717) is 5.92 Å². The van der Waals surface area contributed by atoms with Gasteiger partial charge in [0.05, 0.1) is 13.2 Å². The van der Waals surface area contributed by atoms with Gasteiger partial charge in [-0.3, -0.25) is 0 Å². The van der Waals surface area contributed by atoms with Gasteiger partial charge in [0.1, 0.15) is 11.6 Å². The van der Waals surface area contributed by atoms with Crippen LogP contribution in [0.4, 0.5) is 0 Å². The molecule has 4 fully saturated rings. The second-order valence-electron chi connectivity index (χ2n) is 15.7. The molecule has 4 aliphatic carbocycles. The zero-order valence-corrected chi connectivity index (χ0v) is 33.2. The van der Waals surface area contributed by atoms with E-state index in [0.717, 1.165) is 29.4 Å². The summed E-state index contributed by atoms with van der Waals surface area (Å²) in [7, 11) is 2.97. The Morgan fingerprint density at radius 2 is 1.36 bits per heavy atom. The van der Waals surface area contributed by atoms with Crippen molar-refractivity contribution in [2.24, 2.45) is 23.7 Å². The summed E-state index contributed by atoms with van der Waals surface area (Å²) in [4.78, 5) is 19.6. The number of aromatic nitrogens is 4. The molecule has 5 unspecified atom stereocenters. The Morgan fingerprint density at radius 3 is 1.76 bits per heavy atom. The Balaban J connectivity index is 0.000000609.